The number of nitrogens with two attached hydrogens (primary N) is 1. The van der Waals surface area contributed by atoms with Gasteiger partial charge in [0, 0.05) is 17.0 Å². The van der Waals surface area contributed by atoms with Gasteiger partial charge in [-0.2, -0.15) is 0 Å². The van der Waals surface area contributed by atoms with Gasteiger partial charge in [0.05, 0.1) is 0 Å². The van der Waals surface area contributed by atoms with E-state index in [1.807, 2.05) is 42.5 Å². The third-order valence-corrected chi connectivity index (χ3v) is 3.55. The number of thioether (sulfide) groups is 1. The van der Waals surface area contributed by atoms with Crippen LogP contribution < -0.4 is 10.5 Å². The fraction of sp³-hybridized carbons (Fsp3) is 0.200. The second-order valence-corrected chi connectivity index (χ2v) is 5.09. The molecule has 2 aromatic rings. The second kappa shape index (κ2) is 6.47. The zero-order valence-electron chi connectivity index (χ0n) is 10.4. The van der Waals surface area contributed by atoms with Crippen molar-refractivity contribution >= 4 is 11.8 Å². The minimum absolute atomic E-state index is 0.491. The maximum Gasteiger partial charge on any atom is 0.133 e. The Kier molecular flexibility index (Phi) is 4.67. The molecule has 0 aliphatic heterocycles. The van der Waals surface area contributed by atoms with Crippen LogP contribution in [0.5, 0.6) is 11.5 Å². The molecule has 2 aromatic carbocycles. The Labute approximate surface area is 112 Å². The van der Waals surface area contributed by atoms with E-state index in [1.54, 1.807) is 11.8 Å². The van der Waals surface area contributed by atoms with Crippen LogP contribution in [-0.2, 0) is 6.54 Å². The van der Waals surface area contributed by atoms with Crippen LogP contribution in [0.15, 0.2) is 53.4 Å². The molecule has 0 aromatic heterocycles. The monoisotopic (exact) mass is 259 g/mol. The molecule has 3 heteroatoms. The van der Waals surface area contributed by atoms with Crippen molar-refractivity contribution in [2.75, 3.05) is 5.75 Å². The summed E-state index contributed by atoms with van der Waals surface area (Å²) in [5.74, 6) is 2.72. The summed E-state index contributed by atoms with van der Waals surface area (Å²) >= 11 is 1.79. The quantitative estimate of drug-likeness (QED) is 0.823. The first-order valence-electron chi connectivity index (χ1n) is 6.02. The van der Waals surface area contributed by atoms with Crippen LogP contribution >= 0.6 is 11.8 Å². The Balaban J connectivity index is 2.30. The Morgan fingerprint density at radius 1 is 1.06 bits per heavy atom. The highest BCUT2D eigenvalue weighted by molar-refractivity contribution is 7.99. The van der Waals surface area contributed by atoms with E-state index < -0.39 is 0 Å². The van der Waals surface area contributed by atoms with Crippen LogP contribution in [-0.4, -0.2) is 5.75 Å². The topological polar surface area (TPSA) is 35.2 Å². The van der Waals surface area contributed by atoms with E-state index in [2.05, 4.69) is 13.0 Å². The van der Waals surface area contributed by atoms with Gasteiger partial charge >= 0.3 is 0 Å². The lowest BCUT2D eigenvalue weighted by Gasteiger charge is -2.13. The van der Waals surface area contributed by atoms with Crippen molar-refractivity contribution in [1.29, 1.82) is 0 Å². The molecule has 0 fully saturated rings. The van der Waals surface area contributed by atoms with Crippen molar-refractivity contribution in [3.8, 4) is 11.5 Å². The van der Waals surface area contributed by atoms with Crippen LogP contribution in [0.2, 0.25) is 0 Å². The number of para-hydroxylation sites is 1. The fourth-order valence-electron chi connectivity index (χ4n) is 1.75. The number of benzene rings is 2. The molecule has 0 aliphatic rings. The molecule has 2 nitrogen and oxygen atoms in total. The van der Waals surface area contributed by atoms with Gasteiger partial charge in [0.25, 0.3) is 0 Å². The lowest BCUT2D eigenvalue weighted by molar-refractivity contribution is 0.474. The Morgan fingerprint density at radius 2 is 1.83 bits per heavy atom. The van der Waals surface area contributed by atoms with Crippen molar-refractivity contribution < 1.29 is 4.74 Å². The Bertz CT molecular complexity index is 499. The predicted octanol–water partition coefficient (Wildman–Crippen LogP) is 4.05. The van der Waals surface area contributed by atoms with E-state index in [0.29, 0.717) is 6.54 Å². The van der Waals surface area contributed by atoms with Gasteiger partial charge in [-0.25, -0.2) is 0 Å². The summed E-state index contributed by atoms with van der Waals surface area (Å²) in [5, 5.41) is 0. The number of hydrogen-bond donors (Lipinski definition) is 1. The number of rotatable bonds is 5. The first-order valence-corrected chi connectivity index (χ1v) is 7.01. The molecule has 2 rings (SSSR count). The fourth-order valence-corrected chi connectivity index (χ4v) is 2.59. The van der Waals surface area contributed by atoms with Gasteiger partial charge < -0.3 is 10.5 Å². The van der Waals surface area contributed by atoms with Gasteiger partial charge in [-0.3, -0.25) is 0 Å². The molecular formula is C15H17NOS. The molecular weight excluding hydrogens is 242 g/mol. The van der Waals surface area contributed by atoms with Crippen molar-refractivity contribution in [3.63, 3.8) is 0 Å². The molecule has 94 valence electrons. The molecule has 18 heavy (non-hydrogen) atoms. The zero-order chi connectivity index (χ0) is 12.8. The summed E-state index contributed by atoms with van der Waals surface area (Å²) in [5.41, 5.74) is 6.92. The molecule has 0 spiro atoms. The molecule has 2 N–H and O–H groups in total. The first kappa shape index (κ1) is 13.0. The van der Waals surface area contributed by atoms with Crippen LogP contribution in [0, 0.1) is 0 Å². The predicted molar refractivity (Wildman–Crippen MR) is 77.2 cm³/mol. The third-order valence-electron chi connectivity index (χ3n) is 2.57. The van der Waals surface area contributed by atoms with E-state index in [-0.39, 0.29) is 0 Å². The summed E-state index contributed by atoms with van der Waals surface area (Å²) in [4.78, 5) is 1.20. The Hall–Kier alpha value is -1.45. The van der Waals surface area contributed by atoms with Gasteiger partial charge in [-0.05, 0) is 30.0 Å². The van der Waals surface area contributed by atoms with Crippen LogP contribution in [0.1, 0.15) is 12.5 Å². The van der Waals surface area contributed by atoms with E-state index >= 15 is 0 Å². The highest BCUT2D eigenvalue weighted by Gasteiger charge is 2.08. The van der Waals surface area contributed by atoms with Gasteiger partial charge in [0.2, 0.25) is 0 Å². The average Bonchev–Trinajstić information content (AvgIpc) is 2.41. The molecule has 0 unspecified atom stereocenters. The smallest absolute Gasteiger partial charge is 0.133 e. The minimum atomic E-state index is 0.491. The molecule has 0 aliphatic carbocycles. The maximum absolute atomic E-state index is 5.89. The second-order valence-electron chi connectivity index (χ2n) is 3.79. The lowest BCUT2D eigenvalue weighted by Crippen LogP contribution is -2.01. The average molecular weight is 259 g/mol. The minimum Gasteiger partial charge on any atom is -0.457 e. The molecule has 0 heterocycles. The number of ether oxygens (including phenoxy) is 1. The molecule has 0 saturated heterocycles. The highest BCUT2D eigenvalue weighted by atomic mass is 32.2. The Morgan fingerprint density at radius 3 is 2.50 bits per heavy atom. The third kappa shape index (κ3) is 3.06. The lowest BCUT2D eigenvalue weighted by atomic mass is 10.2. The summed E-state index contributed by atoms with van der Waals surface area (Å²) in [6.45, 7) is 2.63. The van der Waals surface area contributed by atoms with Gasteiger partial charge in [0.15, 0.2) is 0 Å². The summed E-state index contributed by atoms with van der Waals surface area (Å²) in [6, 6.07) is 15.8. The van der Waals surface area contributed by atoms with Gasteiger partial charge in [0.1, 0.15) is 11.5 Å². The summed E-state index contributed by atoms with van der Waals surface area (Å²) in [6.07, 6.45) is 0. The highest BCUT2D eigenvalue weighted by Crippen LogP contribution is 2.32. The molecule has 0 bridgehead atoms. The summed E-state index contributed by atoms with van der Waals surface area (Å²) < 4.78 is 5.89. The van der Waals surface area contributed by atoms with Crippen LogP contribution in [0.25, 0.3) is 0 Å². The zero-order valence-corrected chi connectivity index (χ0v) is 11.2. The first-order chi connectivity index (χ1) is 8.85. The summed E-state index contributed by atoms with van der Waals surface area (Å²) in [7, 11) is 0. The van der Waals surface area contributed by atoms with E-state index in [0.717, 1.165) is 22.8 Å². The number of hydrogen-bond acceptors (Lipinski definition) is 3. The van der Waals surface area contributed by atoms with Crippen LogP contribution in [0.4, 0.5) is 0 Å². The molecule has 0 atom stereocenters. The van der Waals surface area contributed by atoms with Crippen molar-refractivity contribution in [2.24, 2.45) is 5.73 Å². The normalized spacial score (nSPS) is 10.3. The van der Waals surface area contributed by atoms with Crippen molar-refractivity contribution in [2.45, 2.75) is 18.4 Å². The molecule has 0 saturated carbocycles. The van der Waals surface area contributed by atoms with E-state index in [1.165, 1.54) is 4.90 Å². The van der Waals surface area contributed by atoms with Gasteiger partial charge in [-0.1, -0.05) is 31.2 Å². The molecule has 0 amide bonds. The van der Waals surface area contributed by atoms with Gasteiger partial charge in [-0.15, -0.1) is 11.8 Å². The van der Waals surface area contributed by atoms with E-state index in [9.17, 15) is 0 Å². The van der Waals surface area contributed by atoms with Crippen LogP contribution in [0.3, 0.4) is 0 Å². The largest absolute Gasteiger partial charge is 0.457 e. The maximum atomic E-state index is 5.89. The standard InChI is InChI=1S/C15H17NOS/c1-2-18-15-10-6-9-14(13(15)11-16)17-12-7-4-3-5-8-12/h3-10H,2,11,16H2,1H3. The van der Waals surface area contributed by atoms with Crippen molar-refractivity contribution in [3.05, 3.63) is 54.1 Å². The SMILES string of the molecule is CCSc1cccc(Oc2ccccc2)c1CN. The van der Waals surface area contributed by atoms with Crippen molar-refractivity contribution in [1.82, 2.24) is 0 Å². The molecule has 0 radical (unpaired) electrons. The van der Waals surface area contributed by atoms with E-state index in [4.69, 9.17) is 10.5 Å².